The van der Waals surface area contributed by atoms with Crippen molar-refractivity contribution in [2.24, 2.45) is 0 Å². The molecule has 0 saturated heterocycles. The van der Waals surface area contributed by atoms with Crippen molar-refractivity contribution in [3.05, 3.63) is 92.4 Å². The number of carbonyl (C=O) groups is 1. The van der Waals surface area contributed by atoms with Crippen LogP contribution >= 0.6 is 11.3 Å². The van der Waals surface area contributed by atoms with Crippen LogP contribution < -0.4 is 5.32 Å². The number of nitrogens with one attached hydrogen (secondary N) is 1. The first kappa shape index (κ1) is 19.6. The van der Waals surface area contributed by atoms with Crippen molar-refractivity contribution in [2.45, 2.75) is 39.3 Å². The predicted octanol–water partition coefficient (Wildman–Crippen LogP) is 5.62. The van der Waals surface area contributed by atoms with Crippen LogP contribution in [0.15, 0.2) is 54.6 Å². The lowest BCUT2D eigenvalue weighted by molar-refractivity contribution is 0.181. The van der Waals surface area contributed by atoms with Gasteiger partial charge in [0.1, 0.15) is 5.82 Å². The van der Waals surface area contributed by atoms with Gasteiger partial charge in [0.05, 0.1) is 6.04 Å². The van der Waals surface area contributed by atoms with Crippen LogP contribution in [0.5, 0.6) is 0 Å². The highest BCUT2D eigenvalue weighted by molar-refractivity contribution is 7.12. The van der Waals surface area contributed by atoms with E-state index >= 15 is 0 Å². The number of thiophene rings is 1. The van der Waals surface area contributed by atoms with E-state index in [0.29, 0.717) is 13.1 Å². The minimum Gasteiger partial charge on any atom is -0.334 e. The fourth-order valence-corrected chi connectivity index (χ4v) is 5.62. The van der Waals surface area contributed by atoms with Crippen molar-refractivity contribution >= 4 is 17.4 Å². The first-order valence-electron chi connectivity index (χ1n) is 10.0. The van der Waals surface area contributed by atoms with E-state index in [0.717, 1.165) is 24.0 Å². The molecule has 0 fully saturated rings. The second kappa shape index (κ2) is 8.37. The van der Waals surface area contributed by atoms with Crippen LogP contribution in [-0.4, -0.2) is 17.5 Å². The van der Waals surface area contributed by atoms with Gasteiger partial charge < -0.3 is 10.2 Å². The molecule has 2 amide bonds. The Morgan fingerprint density at radius 3 is 2.59 bits per heavy atom. The molecule has 1 aliphatic heterocycles. The van der Waals surface area contributed by atoms with E-state index in [1.165, 1.54) is 33.0 Å². The molecule has 1 unspecified atom stereocenters. The molecule has 1 aliphatic rings. The summed E-state index contributed by atoms with van der Waals surface area (Å²) < 4.78 is 13.5. The summed E-state index contributed by atoms with van der Waals surface area (Å²) in [5.74, 6) is -0.263. The van der Waals surface area contributed by atoms with Gasteiger partial charge in [0.15, 0.2) is 0 Å². The van der Waals surface area contributed by atoms with Crippen molar-refractivity contribution in [2.75, 3.05) is 6.54 Å². The molecule has 0 aliphatic carbocycles. The van der Waals surface area contributed by atoms with Crippen LogP contribution in [0.25, 0.3) is 0 Å². The van der Waals surface area contributed by atoms with E-state index in [2.05, 4.69) is 19.2 Å². The van der Waals surface area contributed by atoms with Crippen molar-refractivity contribution in [1.29, 1.82) is 0 Å². The molecule has 29 heavy (non-hydrogen) atoms. The van der Waals surface area contributed by atoms with Gasteiger partial charge >= 0.3 is 6.03 Å². The third-order valence-corrected chi connectivity index (χ3v) is 6.84. The number of halogens is 1. The molecule has 0 spiro atoms. The third-order valence-electron chi connectivity index (χ3n) is 5.60. The monoisotopic (exact) mass is 408 g/mol. The van der Waals surface area contributed by atoms with E-state index in [-0.39, 0.29) is 17.9 Å². The Kier molecular flexibility index (Phi) is 5.67. The summed E-state index contributed by atoms with van der Waals surface area (Å²) in [7, 11) is 0. The molecule has 3 nitrogen and oxygen atoms in total. The fraction of sp³-hybridized carbons (Fsp3) is 0.292. The van der Waals surface area contributed by atoms with E-state index in [4.69, 9.17) is 0 Å². The van der Waals surface area contributed by atoms with E-state index in [1.54, 1.807) is 23.5 Å². The zero-order chi connectivity index (χ0) is 20.4. The van der Waals surface area contributed by atoms with Crippen LogP contribution in [0, 0.1) is 12.7 Å². The number of aryl methyl sites for hydroxylation is 1. The second-order valence-corrected chi connectivity index (χ2v) is 8.63. The topological polar surface area (TPSA) is 32.3 Å². The van der Waals surface area contributed by atoms with Crippen LogP contribution in [0.1, 0.15) is 45.0 Å². The smallest absolute Gasteiger partial charge is 0.318 e. The Labute approximate surface area is 175 Å². The molecule has 0 bridgehead atoms. The summed E-state index contributed by atoms with van der Waals surface area (Å²) in [6.45, 7) is 5.48. The van der Waals surface area contributed by atoms with Gasteiger partial charge in [-0.1, -0.05) is 49.4 Å². The maximum atomic E-state index is 13.5. The largest absolute Gasteiger partial charge is 0.334 e. The zero-order valence-electron chi connectivity index (χ0n) is 16.7. The van der Waals surface area contributed by atoms with Gasteiger partial charge in [-0.25, -0.2) is 9.18 Å². The minimum absolute atomic E-state index is 0.0853. The summed E-state index contributed by atoms with van der Waals surface area (Å²) in [5, 5.41) is 3.06. The summed E-state index contributed by atoms with van der Waals surface area (Å²) in [5.41, 5.74) is 4.79. The number of carbonyl (C=O) groups excluding carboxylic acids is 1. The summed E-state index contributed by atoms with van der Waals surface area (Å²) in [6, 6.07) is 16.2. The lowest BCUT2D eigenvalue weighted by Gasteiger charge is -2.36. The number of amides is 2. The third kappa shape index (κ3) is 3.92. The highest BCUT2D eigenvalue weighted by Crippen LogP contribution is 2.42. The second-order valence-electron chi connectivity index (χ2n) is 7.37. The molecule has 1 N–H and O–H groups in total. The van der Waals surface area contributed by atoms with Crippen LogP contribution in [-0.2, 0) is 19.4 Å². The number of hydrogen-bond acceptors (Lipinski definition) is 2. The lowest BCUT2D eigenvalue weighted by atomic mass is 9.92. The van der Waals surface area contributed by atoms with Gasteiger partial charge in [-0.05, 0) is 54.2 Å². The molecule has 2 heterocycles. The maximum absolute atomic E-state index is 13.5. The first-order chi connectivity index (χ1) is 14.1. The Balaban J connectivity index is 1.66. The summed E-state index contributed by atoms with van der Waals surface area (Å²) in [4.78, 5) is 17.6. The van der Waals surface area contributed by atoms with Crippen LogP contribution in [0.4, 0.5) is 9.18 Å². The number of benzene rings is 2. The standard InChI is InChI=1S/C24H25FN2OS/c1-3-20-16(2)29-23-21(20)13-14-27(22(23)18-9-11-19(25)12-10-18)24(28)26-15-17-7-5-4-6-8-17/h4-12,22H,3,13-15H2,1-2H3,(H,26,28). The van der Waals surface area contributed by atoms with Crippen LogP contribution in [0.3, 0.4) is 0 Å². The fourth-order valence-electron chi connectivity index (χ4n) is 4.18. The molecular formula is C24H25FN2OS. The Hall–Kier alpha value is -2.66. The number of fused-ring (bicyclic) bond motifs is 1. The molecule has 0 radical (unpaired) electrons. The number of rotatable bonds is 4. The molecule has 2 aromatic carbocycles. The Bertz CT molecular complexity index is 998. The van der Waals surface area contributed by atoms with E-state index < -0.39 is 0 Å². The molecule has 1 aromatic heterocycles. The van der Waals surface area contributed by atoms with Crippen molar-refractivity contribution in [3.63, 3.8) is 0 Å². The first-order valence-corrected chi connectivity index (χ1v) is 10.8. The van der Waals surface area contributed by atoms with Crippen molar-refractivity contribution < 1.29 is 9.18 Å². The van der Waals surface area contributed by atoms with Gasteiger partial charge in [-0.2, -0.15) is 0 Å². The van der Waals surface area contributed by atoms with Crippen molar-refractivity contribution in [3.8, 4) is 0 Å². The number of hydrogen-bond donors (Lipinski definition) is 1. The number of urea groups is 1. The Morgan fingerprint density at radius 1 is 1.17 bits per heavy atom. The molecule has 3 aromatic rings. The van der Waals surface area contributed by atoms with Gasteiger partial charge in [-0.15, -0.1) is 11.3 Å². The molecular weight excluding hydrogens is 383 g/mol. The molecule has 150 valence electrons. The summed E-state index contributed by atoms with van der Waals surface area (Å²) >= 11 is 1.77. The predicted molar refractivity (Wildman–Crippen MR) is 116 cm³/mol. The average Bonchev–Trinajstić information content (AvgIpc) is 3.07. The summed E-state index contributed by atoms with van der Waals surface area (Å²) in [6.07, 6.45) is 1.85. The highest BCUT2D eigenvalue weighted by atomic mass is 32.1. The average molecular weight is 409 g/mol. The normalized spacial score (nSPS) is 15.8. The number of nitrogens with zero attached hydrogens (tertiary/aromatic N) is 1. The van der Waals surface area contributed by atoms with Gasteiger partial charge in [0, 0.05) is 22.8 Å². The van der Waals surface area contributed by atoms with Gasteiger partial charge in [0.25, 0.3) is 0 Å². The van der Waals surface area contributed by atoms with E-state index in [1.807, 2.05) is 35.2 Å². The lowest BCUT2D eigenvalue weighted by Crippen LogP contribution is -2.45. The molecule has 4 rings (SSSR count). The quantitative estimate of drug-likeness (QED) is 0.597. The van der Waals surface area contributed by atoms with E-state index in [9.17, 15) is 9.18 Å². The molecule has 1 atom stereocenters. The molecule has 5 heteroatoms. The van der Waals surface area contributed by atoms with Crippen LogP contribution in [0.2, 0.25) is 0 Å². The van der Waals surface area contributed by atoms with Crippen molar-refractivity contribution in [1.82, 2.24) is 10.2 Å². The molecule has 0 saturated carbocycles. The SMILES string of the molecule is CCc1c(C)sc2c1CCN(C(=O)NCc1ccccc1)C2c1ccc(F)cc1. The highest BCUT2D eigenvalue weighted by Gasteiger charge is 2.35. The van der Waals surface area contributed by atoms with Gasteiger partial charge in [-0.3, -0.25) is 0 Å². The zero-order valence-corrected chi connectivity index (χ0v) is 17.6. The Morgan fingerprint density at radius 2 is 1.90 bits per heavy atom. The van der Waals surface area contributed by atoms with Gasteiger partial charge in [0.2, 0.25) is 0 Å². The minimum atomic E-state index is -0.263. The maximum Gasteiger partial charge on any atom is 0.318 e.